The summed E-state index contributed by atoms with van der Waals surface area (Å²) >= 11 is 0. The number of rotatable bonds is 10. The predicted octanol–water partition coefficient (Wildman–Crippen LogP) is 5.31. The molecule has 0 aliphatic rings. The first-order valence-electron chi connectivity index (χ1n) is 12.0. The molecule has 9 heteroatoms. The van der Waals surface area contributed by atoms with Gasteiger partial charge in [0.15, 0.2) is 5.78 Å². The molecule has 2 aromatic carbocycles. The quantitative estimate of drug-likeness (QED) is 0.359. The number of nitrogens with zero attached hydrogens (tertiary/aromatic N) is 1. The van der Waals surface area contributed by atoms with Crippen LogP contribution in [0.2, 0.25) is 0 Å². The smallest absolute Gasteiger partial charge is 0.408 e. The molecule has 1 amide bonds. The molecule has 0 aliphatic carbocycles. The van der Waals surface area contributed by atoms with Gasteiger partial charge < -0.3 is 19.8 Å². The third-order valence-electron chi connectivity index (χ3n) is 5.43. The van der Waals surface area contributed by atoms with Gasteiger partial charge in [-0.1, -0.05) is 49.4 Å². The van der Waals surface area contributed by atoms with Crippen molar-refractivity contribution >= 4 is 17.8 Å². The second kappa shape index (κ2) is 12.3. The van der Waals surface area contributed by atoms with E-state index in [-0.39, 0.29) is 25.2 Å². The number of nitrogens with one attached hydrogen (secondary N) is 2. The topological polar surface area (TPSA) is 110 Å². The van der Waals surface area contributed by atoms with Crippen LogP contribution in [0.5, 0.6) is 0 Å². The molecule has 196 valence electrons. The van der Waals surface area contributed by atoms with Gasteiger partial charge in [0.05, 0.1) is 18.3 Å². The van der Waals surface area contributed by atoms with Crippen LogP contribution in [0.15, 0.2) is 60.8 Å². The van der Waals surface area contributed by atoms with Gasteiger partial charge in [0, 0.05) is 17.9 Å². The summed E-state index contributed by atoms with van der Waals surface area (Å²) in [7, 11) is 0. The second-order valence-electron chi connectivity index (χ2n) is 9.78. The number of aromatic nitrogens is 2. The molecule has 0 fully saturated rings. The lowest BCUT2D eigenvalue weighted by molar-refractivity contribution is -0.146. The number of alkyl carbamates (subject to hydrolysis) is 1. The maximum atomic E-state index is 14.1. The van der Waals surface area contributed by atoms with E-state index in [0.29, 0.717) is 17.1 Å². The van der Waals surface area contributed by atoms with Gasteiger partial charge in [0.1, 0.15) is 29.9 Å². The standard InChI is InChI=1S/C28H32FN3O5/c1-18(26-30-16-23(31-26)20-12-8-9-13-21(20)29)14-24(33)22(32-27(35)37-28(2,3)4)15-25(34)36-17-19-10-6-5-7-11-19/h5-13,16,18,22H,14-15,17H2,1-4H3,(H,30,31)(H,32,35)/t18-,22+/m1/s1. The normalized spacial score (nSPS) is 12.9. The number of ketones is 1. The molecule has 1 aromatic heterocycles. The van der Waals surface area contributed by atoms with Gasteiger partial charge in [-0.2, -0.15) is 0 Å². The van der Waals surface area contributed by atoms with Gasteiger partial charge in [0.2, 0.25) is 0 Å². The Bertz CT molecular complexity index is 1220. The first-order chi connectivity index (χ1) is 17.5. The highest BCUT2D eigenvalue weighted by atomic mass is 19.1. The van der Waals surface area contributed by atoms with Gasteiger partial charge >= 0.3 is 12.1 Å². The average molecular weight is 510 g/mol. The van der Waals surface area contributed by atoms with Crippen LogP contribution in [0.4, 0.5) is 9.18 Å². The molecule has 37 heavy (non-hydrogen) atoms. The summed E-state index contributed by atoms with van der Waals surface area (Å²) < 4.78 is 24.7. The first kappa shape index (κ1) is 27.6. The molecule has 1 heterocycles. The van der Waals surface area contributed by atoms with Crippen LogP contribution in [0, 0.1) is 5.82 Å². The largest absolute Gasteiger partial charge is 0.461 e. The van der Waals surface area contributed by atoms with Crippen LogP contribution in [0.1, 0.15) is 57.8 Å². The van der Waals surface area contributed by atoms with E-state index in [1.165, 1.54) is 12.3 Å². The highest BCUT2D eigenvalue weighted by Crippen LogP contribution is 2.24. The van der Waals surface area contributed by atoms with Gasteiger partial charge in [0.25, 0.3) is 0 Å². The van der Waals surface area contributed by atoms with Crippen molar-refractivity contribution in [1.82, 2.24) is 15.3 Å². The fourth-order valence-corrected chi connectivity index (χ4v) is 3.60. The van der Waals surface area contributed by atoms with E-state index in [4.69, 9.17) is 9.47 Å². The van der Waals surface area contributed by atoms with Gasteiger partial charge in [-0.3, -0.25) is 9.59 Å². The van der Waals surface area contributed by atoms with E-state index in [2.05, 4.69) is 15.3 Å². The predicted molar refractivity (Wildman–Crippen MR) is 136 cm³/mol. The highest BCUT2D eigenvalue weighted by molar-refractivity contribution is 5.91. The Morgan fingerprint density at radius 3 is 2.38 bits per heavy atom. The van der Waals surface area contributed by atoms with E-state index in [9.17, 15) is 18.8 Å². The summed E-state index contributed by atoms with van der Waals surface area (Å²) in [5, 5.41) is 2.51. The van der Waals surface area contributed by atoms with Crippen LogP contribution in [0.3, 0.4) is 0 Å². The zero-order valence-corrected chi connectivity index (χ0v) is 21.4. The summed E-state index contributed by atoms with van der Waals surface area (Å²) in [5.74, 6) is -1.33. The number of amides is 1. The van der Waals surface area contributed by atoms with Crippen LogP contribution in [-0.2, 0) is 25.7 Å². The zero-order chi connectivity index (χ0) is 27.0. The Hall–Kier alpha value is -4.01. The molecule has 0 saturated carbocycles. The lowest BCUT2D eigenvalue weighted by atomic mass is 9.98. The monoisotopic (exact) mass is 509 g/mol. The maximum Gasteiger partial charge on any atom is 0.408 e. The number of aromatic amines is 1. The van der Waals surface area contributed by atoms with Gasteiger partial charge in [-0.15, -0.1) is 0 Å². The number of imidazole rings is 1. The van der Waals surface area contributed by atoms with Gasteiger partial charge in [-0.05, 0) is 38.5 Å². The summed E-state index contributed by atoms with van der Waals surface area (Å²) in [6.07, 6.45) is 0.313. The number of H-pyrrole nitrogens is 1. The maximum absolute atomic E-state index is 14.1. The summed E-state index contributed by atoms with van der Waals surface area (Å²) in [6.45, 7) is 6.92. The fraction of sp³-hybridized carbons (Fsp3) is 0.357. The van der Waals surface area contributed by atoms with Crippen molar-refractivity contribution in [3.8, 4) is 11.3 Å². The third kappa shape index (κ3) is 8.56. The Labute approximate surface area is 215 Å². The lowest BCUT2D eigenvalue weighted by Gasteiger charge is -2.23. The number of hydrogen-bond acceptors (Lipinski definition) is 6. The van der Waals surface area contributed by atoms with Crippen LogP contribution in [-0.4, -0.2) is 39.5 Å². The van der Waals surface area contributed by atoms with E-state index in [1.807, 2.05) is 30.3 Å². The molecule has 3 aromatic rings. The molecule has 0 bridgehead atoms. The van der Waals surface area contributed by atoms with Crippen molar-refractivity contribution < 1.29 is 28.2 Å². The molecule has 0 unspecified atom stereocenters. The van der Waals surface area contributed by atoms with Crippen LogP contribution >= 0.6 is 0 Å². The zero-order valence-electron chi connectivity index (χ0n) is 21.4. The second-order valence-corrected chi connectivity index (χ2v) is 9.78. The van der Waals surface area contributed by atoms with Crippen molar-refractivity contribution in [3.63, 3.8) is 0 Å². The Kier molecular flexibility index (Phi) is 9.16. The number of hydrogen-bond donors (Lipinski definition) is 2. The molecule has 8 nitrogen and oxygen atoms in total. The minimum absolute atomic E-state index is 0.0311. The summed E-state index contributed by atoms with van der Waals surface area (Å²) in [5.41, 5.74) is 0.873. The fourth-order valence-electron chi connectivity index (χ4n) is 3.60. The van der Waals surface area contributed by atoms with Crippen molar-refractivity contribution in [2.24, 2.45) is 0 Å². The molecule has 2 N–H and O–H groups in total. The third-order valence-corrected chi connectivity index (χ3v) is 5.43. The van der Waals surface area contributed by atoms with Crippen molar-refractivity contribution in [1.29, 1.82) is 0 Å². The number of carbonyl (C=O) groups is 3. The minimum Gasteiger partial charge on any atom is -0.461 e. The molecular weight excluding hydrogens is 477 g/mol. The van der Waals surface area contributed by atoms with E-state index >= 15 is 0 Å². The number of esters is 1. The van der Waals surface area contributed by atoms with Crippen molar-refractivity contribution in [2.45, 2.75) is 64.7 Å². The Morgan fingerprint density at radius 1 is 1.03 bits per heavy atom. The molecular formula is C28H32FN3O5. The van der Waals surface area contributed by atoms with Crippen molar-refractivity contribution in [3.05, 3.63) is 78.0 Å². The lowest BCUT2D eigenvalue weighted by Crippen LogP contribution is -2.45. The van der Waals surface area contributed by atoms with Crippen LogP contribution in [0.25, 0.3) is 11.3 Å². The van der Waals surface area contributed by atoms with E-state index in [0.717, 1.165) is 5.56 Å². The summed E-state index contributed by atoms with van der Waals surface area (Å²) in [6, 6.07) is 14.3. The Balaban J connectivity index is 1.67. The number of ether oxygens (including phenoxy) is 2. The van der Waals surface area contributed by atoms with Gasteiger partial charge in [-0.25, -0.2) is 14.2 Å². The number of Topliss-reactive ketones (excluding diaryl/α,β-unsaturated/α-hetero) is 1. The van der Waals surface area contributed by atoms with Crippen molar-refractivity contribution in [2.75, 3.05) is 0 Å². The Morgan fingerprint density at radius 2 is 1.70 bits per heavy atom. The molecule has 0 radical (unpaired) electrons. The van der Waals surface area contributed by atoms with Crippen LogP contribution < -0.4 is 5.32 Å². The molecule has 0 saturated heterocycles. The number of carbonyl (C=O) groups excluding carboxylic acids is 3. The first-order valence-corrected chi connectivity index (χ1v) is 12.0. The minimum atomic E-state index is -1.15. The number of halogens is 1. The summed E-state index contributed by atoms with van der Waals surface area (Å²) in [4.78, 5) is 45.5. The number of benzene rings is 2. The molecule has 2 atom stereocenters. The van der Waals surface area contributed by atoms with E-state index < -0.39 is 35.4 Å². The highest BCUT2D eigenvalue weighted by Gasteiger charge is 2.29. The van der Waals surface area contributed by atoms with E-state index in [1.54, 1.807) is 45.9 Å². The SMILES string of the molecule is C[C@H](CC(=O)[C@H](CC(=O)OCc1ccccc1)NC(=O)OC(C)(C)C)c1ncc(-c2ccccc2F)[nH]1. The molecule has 3 rings (SSSR count). The molecule has 0 spiro atoms. The molecule has 0 aliphatic heterocycles. The average Bonchev–Trinajstić information content (AvgIpc) is 3.32.